The maximum atomic E-state index is 12.4. The Kier molecular flexibility index (Phi) is 4.51. The molecular formula is C18H18N2O3S. The summed E-state index contributed by atoms with van der Waals surface area (Å²) in [5.74, 6) is 0.660. The minimum absolute atomic E-state index is 0.186. The number of rotatable bonds is 5. The van der Waals surface area contributed by atoms with Gasteiger partial charge in [-0.25, -0.2) is 13.1 Å². The molecular weight excluding hydrogens is 324 g/mol. The number of para-hydroxylation sites is 1. The first kappa shape index (κ1) is 16.4. The minimum atomic E-state index is -3.59. The molecule has 0 saturated heterocycles. The lowest BCUT2D eigenvalue weighted by Gasteiger charge is -2.10. The predicted molar refractivity (Wildman–Crippen MR) is 93.5 cm³/mol. The molecule has 1 heterocycles. The van der Waals surface area contributed by atoms with Gasteiger partial charge in [-0.1, -0.05) is 18.2 Å². The number of nitrogens with zero attached hydrogens (tertiary/aromatic N) is 1. The van der Waals surface area contributed by atoms with Gasteiger partial charge < -0.3 is 4.74 Å². The van der Waals surface area contributed by atoms with Crippen LogP contribution in [0.5, 0.6) is 5.75 Å². The first-order valence-electron chi connectivity index (χ1n) is 7.47. The van der Waals surface area contributed by atoms with Crippen LogP contribution in [0.3, 0.4) is 0 Å². The molecule has 0 spiro atoms. The third kappa shape index (κ3) is 3.39. The van der Waals surface area contributed by atoms with Gasteiger partial charge in [0, 0.05) is 18.1 Å². The zero-order valence-corrected chi connectivity index (χ0v) is 14.3. The first-order valence-corrected chi connectivity index (χ1v) is 8.96. The fraction of sp³-hybridized carbons (Fsp3) is 0.167. The van der Waals surface area contributed by atoms with Crippen molar-refractivity contribution >= 4 is 20.9 Å². The molecule has 0 aliphatic rings. The van der Waals surface area contributed by atoms with Crippen molar-refractivity contribution in [1.29, 1.82) is 0 Å². The molecule has 0 fully saturated rings. The zero-order valence-electron chi connectivity index (χ0n) is 13.5. The number of aromatic nitrogens is 1. The Morgan fingerprint density at radius 2 is 1.92 bits per heavy atom. The summed E-state index contributed by atoms with van der Waals surface area (Å²) in [6.07, 6.45) is 1.68. The van der Waals surface area contributed by atoms with E-state index in [1.807, 2.05) is 37.3 Å². The summed E-state index contributed by atoms with van der Waals surface area (Å²) in [5, 5.41) is 0.981. The Hall–Kier alpha value is -2.44. The molecule has 0 amide bonds. The molecule has 124 valence electrons. The summed E-state index contributed by atoms with van der Waals surface area (Å²) in [7, 11) is -2.04. The van der Waals surface area contributed by atoms with Crippen LogP contribution in [0.25, 0.3) is 10.9 Å². The lowest BCUT2D eigenvalue weighted by molar-refractivity contribution is 0.411. The Bertz CT molecular complexity index is 984. The van der Waals surface area contributed by atoms with Crippen LogP contribution in [0.15, 0.2) is 59.6 Å². The summed E-state index contributed by atoms with van der Waals surface area (Å²) >= 11 is 0. The van der Waals surface area contributed by atoms with Crippen LogP contribution in [0.2, 0.25) is 0 Å². The molecule has 6 heteroatoms. The molecule has 1 aromatic heterocycles. The summed E-state index contributed by atoms with van der Waals surface area (Å²) in [6, 6.07) is 14.4. The maximum Gasteiger partial charge on any atom is 0.240 e. The third-order valence-corrected chi connectivity index (χ3v) is 5.19. The van der Waals surface area contributed by atoms with Crippen LogP contribution in [-0.4, -0.2) is 20.5 Å². The van der Waals surface area contributed by atoms with Gasteiger partial charge in [-0.2, -0.15) is 0 Å². The molecule has 5 nitrogen and oxygen atoms in total. The van der Waals surface area contributed by atoms with E-state index in [4.69, 9.17) is 4.74 Å². The number of sulfonamides is 1. The molecule has 0 unspecified atom stereocenters. The molecule has 3 rings (SSSR count). The van der Waals surface area contributed by atoms with E-state index < -0.39 is 10.0 Å². The second-order valence-electron chi connectivity index (χ2n) is 5.49. The maximum absolute atomic E-state index is 12.4. The number of pyridine rings is 1. The van der Waals surface area contributed by atoms with Crippen molar-refractivity contribution in [3.63, 3.8) is 0 Å². The number of ether oxygens (including phenoxy) is 1. The Balaban J connectivity index is 1.80. The average molecular weight is 342 g/mol. The lowest BCUT2D eigenvalue weighted by Crippen LogP contribution is -2.23. The number of aryl methyl sites for hydroxylation is 1. The second-order valence-corrected chi connectivity index (χ2v) is 7.26. The monoisotopic (exact) mass is 342 g/mol. The Labute approximate surface area is 141 Å². The van der Waals surface area contributed by atoms with Crippen LogP contribution in [0.1, 0.15) is 11.1 Å². The fourth-order valence-electron chi connectivity index (χ4n) is 2.49. The van der Waals surface area contributed by atoms with Crippen LogP contribution in [0.4, 0.5) is 0 Å². The number of nitrogens with one attached hydrogen (secondary N) is 1. The van der Waals surface area contributed by atoms with Crippen LogP contribution < -0.4 is 9.46 Å². The highest BCUT2D eigenvalue weighted by molar-refractivity contribution is 7.89. The van der Waals surface area contributed by atoms with Crippen LogP contribution >= 0.6 is 0 Å². The lowest BCUT2D eigenvalue weighted by atomic mass is 10.2. The highest BCUT2D eigenvalue weighted by atomic mass is 32.2. The Morgan fingerprint density at radius 1 is 1.12 bits per heavy atom. The van der Waals surface area contributed by atoms with Crippen molar-refractivity contribution in [2.24, 2.45) is 0 Å². The van der Waals surface area contributed by atoms with Crippen molar-refractivity contribution in [3.8, 4) is 5.75 Å². The molecule has 0 atom stereocenters. The van der Waals surface area contributed by atoms with E-state index in [1.54, 1.807) is 25.4 Å². The second kappa shape index (κ2) is 6.59. The molecule has 2 aromatic carbocycles. The smallest absolute Gasteiger partial charge is 0.240 e. The van der Waals surface area contributed by atoms with Gasteiger partial charge in [0.1, 0.15) is 5.75 Å². The number of methoxy groups -OCH3 is 1. The standard InChI is InChI=1S/C18H18N2O3S/c1-13-9-16(7-8-18(13)23-2)24(21,22)20-12-14-10-15-5-3-4-6-17(15)19-11-14/h3-11,20H,12H2,1-2H3. The van der Waals surface area contributed by atoms with Crippen molar-refractivity contribution in [2.75, 3.05) is 7.11 Å². The van der Waals surface area contributed by atoms with Gasteiger partial charge in [0.05, 0.1) is 17.5 Å². The average Bonchev–Trinajstić information content (AvgIpc) is 2.60. The third-order valence-electron chi connectivity index (χ3n) is 3.79. The largest absolute Gasteiger partial charge is 0.496 e. The molecule has 1 N–H and O–H groups in total. The van der Waals surface area contributed by atoms with E-state index >= 15 is 0 Å². The normalized spacial score (nSPS) is 11.6. The van der Waals surface area contributed by atoms with Crippen LogP contribution in [0, 0.1) is 6.92 Å². The number of hydrogen-bond acceptors (Lipinski definition) is 4. The summed E-state index contributed by atoms with van der Waals surface area (Å²) in [4.78, 5) is 4.56. The van der Waals surface area contributed by atoms with E-state index in [2.05, 4.69) is 9.71 Å². The quantitative estimate of drug-likeness (QED) is 0.774. The van der Waals surface area contributed by atoms with Crippen molar-refractivity contribution < 1.29 is 13.2 Å². The first-order chi connectivity index (χ1) is 11.5. The summed E-state index contributed by atoms with van der Waals surface area (Å²) < 4.78 is 32.7. The van der Waals surface area contributed by atoms with E-state index in [-0.39, 0.29) is 11.4 Å². The summed E-state index contributed by atoms with van der Waals surface area (Å²) in [6.45, 7) is 2.00. The van der Waals surface area contributed by atoms with Gasteiger partial charge in [-0.15, -0.1) is 0 Å². The van der Waals surface area contributed by atoms with E-state index in [9.17, 15) is 8.42 Å². The zero-order chi connectivity index (χ0) is 17.2. The molecule has 24 heavy (non-hydrogen) atoms. The minimum Gasteiger partial charge on any atom is -0.496 e. The van der Waals surface area contributed by atoms with Crippen molar-refractivity contribution in [2.45, 2.75) is 18.4 Å². The van der Waals surface area contributed by atoms with Crippen LogP contribution in [-0.2, 0) is 16.6 Å². The molecule has 0 saturated carbocycles. The molecule has 0 bridgehead atoms. The van der Waals surface area contributed by atoms with E-state index in [0.29, 0.717) is 5.75 Å². The highest BCUT2D eigenvalue weighted by Crippen LogP contribution is 2.21. The van der Waals surface area contributed by atoms with Crippen molar-refractivity contribution in [1.82, 2.24) is 9.71 Å². The number of benzene rings is 2. The molecule has 3 aromatic rings. The van der Waals surface area contributed by atoms with E-state index in [0.717, 1.165) is 22.0 Å². The van der Waals surface area contributed by atoms with Gasteiger partial charge in [-0.05, 0) is 48.4 Å². The predicted octanol–water partition coefficient (Wildman–Crippen LogP) is 3.03. The van der Waals surface area contributed by atoms with E-state index in [1.165, 1.54) is 6.07 Å². The van der Waals surface area contributed by atoms with Crippen molar-refractivity contribution in [3.05, 3.63) is 65.9 Å². The van der Waals surface area contributed by atoms with Gasteiger partial charge in [0.2, 0.25) is 10.0 Å². The fourth-order valence-corrected chi connectivity index (χ4v) is 3.60. The molecule has 0 aliphatic carbocycles. The number of fused-ring (bicyclic) bond motifs is 1. The SMILES string of the molecule is COc1ccc(S(=O)(=O)NCc2cnc3ccccc3c2)cc1C. The Morgan fingerprint density at radius 3 is 2.67 bits per heavy atom. The summed E-state index contributed by atoms with van der Waals surface area (Å²) in [5.41, 5.74) is 2.46. The molecule has 0 aliphatic heterocycles. The topological polar surface area (TPSA) is 68.3 Å². The molecule has 0 radical (unpaired) electrons. The van der Waals surface area contributed by atoms with Gasteiger partial charge in [0.15, 0.2) is 0 Å². The number of hydrogen-bond donors (Lipinski definition) is 1. The van der Waals surface area contributed by atoms with Gasteiger partial charge in [-0.3, -0.25) is 4.98 Å². The van der Waals surface area contributed by atoms with Gasteiger partial charge in [0.25, 0.3) is 0 Å². The van der Waals surface area contributed by atoms with Gasteiger partial charge >= 0.3 is 0 Å². The highest BCUT2D eigenvalue weighted by Gasteiger charge is 2.15.